The van der Waals surface area contributed by atoms with Crippen molar-refractivity contribution in [3.05, 3.63) is 0 Å². The van der Waals surface area contributed by atoms with Crippen molar-refractivity contribution in [3.63, 3.8) is 0 Å². The Hall–Kier alpha value is -0.610. The van der Waals surface area contributed by atoms with Crippen LogP contribution in [0, 0.1) is 5.92 Å². The van der Waals surface area contributed by atoms with Crippen LogP contribution in [0.4, 0.5) is 0 Å². The number of likely N-dealkylation sites (tertiary alicyclic amines) is 1. The molecule has 0 saturated carbocycles. The molecule has 0 aliphatic carbocycles. The van der Waals surface area contributed by atoms with Crippen LogP contribution < -0.4 is 5.32 Å². The Morgan fingerprint density at radius 3 is 2.83 bits per heavy atom. The van der Waals surface area contributed by atoms with Gasteiger partial charge in [0.1, 0.15) is 5.54 Å². The van der Waals surface area contributed by atoms with E-state index in [4.69, 9.17) is 4.74 Å². The quantitative estimate of drug-likeness (QED) is 0.773. The van der Waals surface area contributed by atoms with Crippen molar-refractivity contribution in [1.29, 1.82) is 0 Å². The molecule has 2 aliphatic heterocycles. The van der Waals surface area contributed by atoms with E-state index in [-0.39, 0.29) is 5.97 Å². The van der Waals surface area contributed by atoms with Crippen LogP contribution in [0.15, 0.2) is 0 Å². The summed E-state index contributed by atoms with van der Waals surface area (Å²) in [7, 11) is 1.47. The van der Waals surface area contributed by atoms with Crippen LogP contribution in [0.5, 0.6) is 0 Å². The van der Waals surface area contributed by atoms with E-state index in [1.807, 2.05) is 6.92 Å². The van der Waals surface area contributed by atoms with Crippen molar-refractivity contribution in [1.82, 2.24) is 10.2 Å². The smallest absolute Gasteiger partial charge is 0.325 e. The second-order valence-corrected chi connectivity index (χ2v) is 6.21. The van der Waals surface area contributed by atoms with Crippen molar-refractivity contribution in [2.45, 2.75) is 57.7 Å². The largest absolute Gasteiger partial charge is 0.468 e. The minimum atomic E-state index is -0.481. The summed E-state index contributed by atoms with van der Waals surface area (Å²) in [6, 6.07) is 1.23. The zero-order valence-electron chi connectivity index (χ0n) is 12.0. The maximum atomic E-state index is 11.8. The van der Waals surface area contributed by atoms with Crippen LogP contribution in [0.3, 0.4) is 0 Å². The molecule has 0 aromatic heterocycles. The van der Waals surface area contributed by atoms with E-state index in [2.05, 4.69) is 24.1 Å². The van der Waals surface area contributed by atoms with Gasteiger partial charge in [-0.05, 0) is 52.5 Å². The van der Waals surface area contributed by atoms with E-state index in [1.165, 1.54) is 26.5 Å². The molecule has 2 fully saturated rings. The second kappa shape index (κ2) is 5.17. The second-order valence-electron chi connectivity index (χ2n) is 6.21. The molecule has 4 nitrogen and oxygen atoms in total. The van der Waals surface area contributed by atoms with Gasteiger partial charge in [-0.3, -0.25) is 9.69 Å². The molecule has 0 aromatic rings. The van der Waals surface area contributed by atoms with Gasteiger partial charge in [0.15, 0.2) is 0 Å². The Morgan fingerprint density at radius 2 is 2.22 bits per heavy atom. The third kappa shape index (κ3) is 2.41. The number of esters is 1. The normalized spacial score (nSPS) is 37.4. The first-order valence-electron chi connectivity index (χ1n) is 7.07. The topological polar surface area (TPSA) is 41.6 Å². The number of rotatable bonds is 3. The summed E-state index contributed by atoms with van der Waals surface area (Å²) in [4.78, 5) is 14.4. The first kappa shape index (κ1) is 13.8. The molecule has 104 valence electrons. The molecule has 2 heterocycles. The monoisotopic (exact) mass is 254 g/mol. The van der Waals surface area contributed by atoms with Crippen molar-refractivity contribution in [2.75, 3.05) is 20.2 Å². The lowest BCUT2D eigenvalue weighted by Gasteiger charge is -2.32. The molecule has 18 heavy (non-hydrogen) atoms. The number of carbonyl (C=O) groups excluding carboxylic acids is 1. The molecule has 0 spiro atoms. The maximum Gasteiger partial charge on any atom is 0.325 e. The molecule has 2 rings (SSSR count). The van der Waals surface area contributed by atoms with E-state index in [0.717, 1.165) is 13.0 Å². The number of nitrogens with zero attached hydrogens (tertiary/aromatic N) is 1. The fourth-order valence-electron chi connectivity index (χ4n) is 3.64. The fourth-order valence-corrected chi connectivity index (χ4v) is 3.64. The number of hydrogen-bond donors (Lipinski definition) is 1. The molecule has 1 N–H and O–H groups in total. The SMILES string of the molecule is COC(=O)C1(C)CC(C2CCCN2C(C)C)CN1. The standard InChI is InChI=1S/C14H26N2O2/c1-10(2)16-7-5-6-12(16)11-8-14(3,15-9-11)13(17)18-4/h10-12,15H,5-9H2,1-4H3. The summed E-state index contributed by atoms with van der Waals surface area (Å²) in [5, 5.41) is 3.37. The average Bonchev–Trinajstić information content (AvgIpc) is 2.94. The first-order chi connectivity index (χ1) is 8.48. The Kier molecular flexibility index (Phi) is 3.97. The van der Waals surface area contributed by atoms with Gasteiger partial charge in [-0.25, -0.2) is 0 Å². The van der Waals surface area contributed by atoms with Crippen molar-refractivity contribution >= 4 is 5.97 Å². The van der Waals surface area contributed by atoms with Crippen molar-refractivity contribution < 1.29 is 9.53 Å². The minimum absolute atomic E-state index is 0.126. The Bertz CT molecular complexity index is 319. The highest BCUT2D eigenvalue weighted by Crippen LogP contribution is 2.34. The minimum Gasteiger partial charge on any atom is -0.468 e. The molecule has 0 aromatic carbocycles. The molecule has 2 aliphatic rings. The van der Waals surface area contributed by atoms with Gasteiger partial charge in [0.05, 0.1) is 7.11 Å². The van der Waals surface area contributed by atoms with E-state index >= 15 is 0 Å². The average molecular weight is 254 g/mol. The van der Waals surface area contributed by atoms with E-state index in [0.29, 0.717) is 18.0 Å². The lowest BCUT2D eigenvalue weighted by molar-refractivity contribution is -0.147. The van der Waals surface area contributed by atoms with E-state index in [9.17, 15) is 4.79 Å². The number of carbonyl (C=O) groups is 1. The lowest BCUT2D eigenvalue weighted by Crippen LogP contribution is -2.45. The Balaban J connectivity index is 2.02. The predicted molar refractivity (Wildman–Crippen MR) is 71.4 cm³/mol. The summed E-state index contributed by atoms with van der Waals surface area (Å²) < 4.78 is 4.91. The van der Waals surface area contributed by atoms with Crippen LogP contribution in [-0.4, -0.2) is 48.7 Å². The van der Waals surface area contributed by atoms with Gasteiger partial charge in [-0.15, -0.1) is 0 Å². The van der Waals surface area contributed by atoms with Crippen molar-refractivity contribution in [3.8, 4) is 0 Å². The number of ether oxygens (including phenoxy) is 1. The summed E-state index contributed by atoms with van der Waals surface area (Å²) in [6.45, 7) is 8.63. The Morgan fingerprint density at radius 1 is 1.50 bits per heavy atom. The number of nitrogens with one attached hydrogen (secondary N) is 1. The fraction of sp³-hybridized carbons (Fsp3) is 0.929. The zero-order valence-corrected chi connectivity index (χ0v) is 12.0. The van der Waals surface area contributed by atoms with Gasteiger partial charge in [0.25, 0.3) is 0 Å². The summed E-state index contributed by atoms with van der Waals surface area (Å²) in [5.74, 6) is 0.443. The van der Waals surface area contributed by atoms with Crippen LogP contribution in [0.25, 0.3) is 0 Å². The summed E-state index contributed by atoms with van der Waals surface area (Å²) in [6.07, 6.45) is 3.45. The molecule has 2 saturated heterocycles. The maximum absolute atomic E-state index is 11.8. The molecule has 3 atom stereocenters. The predicted octanol–water partition coefficient (Wildman–Crippen LogP) is 1.40. The third-order valence-electron chi connectivity index (χ3n) is 4.61. The molecule has 4 heteroatoms. The van der Waals surface area contributed by atoms with E-state index < -0.39 is 5.54 Å². The van der Waals surface area contributed by atoms with Crippen LogP contribution in [0.2, 0.25) is 0 Å². The van der Waals surface area contributed by atoms with Gasteiger partial charge in [0, 0.05) is 18.6 Å². The van der Waals surface area contributed by atoms with Crippen LogP contribution in [0.1, 0.15) is 40.0 Å². The summed E-state index contributed by atoms with van der Waals surface area (Å²) >= 11 is 0. The van der Waals surface area contributed by atoms with Gasteiger partial charge >= 0.3 is 5.97 Å². The van der Waals surface area contributed by atoms with Gasteiger partial charge < -0.3 is 10.1 Å². The highest BCUT2D eigenvalue weighted by Gasteiger charge is 2.46. The molecule has 0 bridgehead atoms. The van der Waals surface area contributed by atoms with Crippen LogP contribution in [-0.2, 0) is 9.53 Å². The Labute approximate surface area is 110 Å². The summed E-state index contributed by atoms with van der Waals surface area (Å²) in [5.41, 5.74) is -0.481. The molecular weight excluding hydrogens is 228 g/mol. The molecule has 0 amide bonds. The number of methoxy groups -OCH3 is 1. The van der Waals surface area contributed by atoms with Gasteiger partial charge in [-0.1, -0.05) is 0 Å². The van der Waals surface area contributed by atoms with E-state index in [1.54, 1.807) is 0 Å². The molecule has 3 unspecified atom stereocenters. The first-order valence-corrected chi connectivity index (χ1v) is 7.07. The zero-order chi connectivity index (χ0) is 13.3. The molecular formula is C14H26N2O2. The highest BCUT2D eigenvalue weighted by molar-refractivity contribution is 5.80. The third-order valence-corrected chi connectivity index (χ3v) is 4.61. The van der Waals surface area contributed by atoms with Gasteiger partial charge in [0.2, 0.25) is 0 Å². The highest BCUT2D eigenvalue weighted by atomic mass is 16.5. The lowest BCUT2D eigenvalue weighted by atomic mass is 9.88. The van der Waals surface area contributed by atoms with Gasteiger partial charge in [-0.2, -0.15) is 0 Å². The van der Waals surface area contributed by atoms with Crippen LogP contribution >= 0.6 is 0 Å². The number of hydrogen-bond acceptors (Lipinski definition) is 4. The van der Waals surface area contributed by atoms with Crippen molar-refractivity contribution in [2.24, 2.45) is 5.92 Å². The molecule has 0 radical (unpaired) electrons.